The van der Waals surface area contributed by atoms with Crippen LogP contribution < -0.4 is 5.32 Å². The lowest BCUT2D eigenvalue weighted by Crippen LogP contribution is -2.08. The van der Waals surface area contributed by atoms with E-state index in [-0.39, 0.29) is 0 Å². The summed E-state index contributed by atoms with van der Waals surface area (Å²) in [7, 11) is 0. The van der Waals surface area contributed by atoms with Crippen LogP contribution in [-0.4, -0.2) is 19.7 Å². The lowest BCUT2D eigenvalue weighted by molar-refractivity contribution is 0.682. The van der Waals surface area contributed by atoms with Gasteiger partial charge in [-0.15, -0.1) is 11.3 Å². The molecule has 0 aliphatic rings. The number of aryl methyl sites for hydroxylation is 2. The van der Waals surface area contributed by atoms with Gasteiger partial charge in [0.1, 0.15) is 17.0 Å². The molecule has 0 aliphatic heterocycles. The summed E-state index contributed by atoms with van der Waals surface area (Å²) < 4.78 is 1.94. The van der Waals surface area contributed by atoms with E-state index in [9.17, 15) is 0 Å². The predicted octanol–water partition coefficient (Wildman–Crippen LogP) is 4.17. The first-order chi connectivity index (χ1) is 12.2. The van der Waals surface area contributed by atoms with E-state index in [1.54, 1.807) is 23.9 Å². The standard InChI is InChI=1S/C19H19N5S/c1-13-14(2)25-19-17(13)18(21-12-22-19)20-10-15-6-3-4-7-16(15)11-24-9-5-8-23-24/h3-9,12H,10-11H2,1-2H3,(H,20,21,22). The Kier molecular flexibility index (Phi) is 4.19. The highest BCUT2D eigenvalue weighted by Gasteiger charge is 2.12. The van der Waals surface area contributed by atoms with Crippen molar-refractivity contribution in [2.24, 2.45) is 0 Å². The van der Waals surface area contributed by atoms with Gasteiger partial charge in [-0.05, 0) is 36.6 Å². The smallest absolute Gasteiger partial charge is 0.138 e. The summed E-state index contributed by atoms with van der Waals surface area (Å²) in [5.74, 6) is 0.903. The lowest BCUT2D eigenvalue weighted by Gasteiger charge is -2.12. The molecule has 126 valence electrons. The van der Waals surface area contributed by atoms with Crippen molar-refractivity contribution in [1.82, 2.24) is 19.7 Å². The van der Waals surface area contributed by atoms with Gasteiger partial charge in [0.05, 0.1) is 11.9 Å². The van der Waals surface area contributed by atoms with E-state index < -0.39 is 0 Å². The summed E-state index contributed by atoms with van der Waals surface area (Å²) in [6, 6.07) is 10.4. The molecule has 6 heteroatoms. The Morgan fingerprint density at radius 3 is 2.72 bits per heavy atom. The Morgan fingerprint density at radius 1 is 1.08 bits per heavy atom. The quantitative estimate of drug-likeness (QED) is 0.588. The molecular weight excluding hydrogens is 330 g/mol. The first kappa shape index (κ1) is 15.8. The number of benzene rings is 1. The molecule has 25 heavy (non-hydrogen) atoms. The van der Waals surface area contributed by atoms with Crippen molar-refractivity contribution in [3.8, 4) is 0 Å². The minimum Gasteiger partial charge on any atom is -0.365 e. The second-order valence-corrected chi connectivity index (χ2v) is 7.21. The van der Waals surface area contributed by atoms with Crippen LogP contribution in [0.1, 0.15) is 21.6 Å². The number of fused-ring (bicyclic) bond motifs is 1. The van der Waals surface area contributed by atoms with E-state index in [0.717, 1.165) is 29.1 Å². The normalized spacial score (nSPS) is 11.1. The third-order valence-electron chi connectivity index (χ3n) is 4.42. The van der Waals surface area contributed by atoms with Crippen molar-refractivity contribution < 1.29 is 0 Å². The molecule has 0 unspecified atom stereocenters. The molecule has 0 saturated carbocycles. The van der Waals surface area contributed by atoms with E-state index in [0.29, 0.717) is 0 Å². The number of hydrogen-bond donors (Lipinski definition) is 1. The molecule has 0 radical (unpaired) electrons. The zero-order valence-electron chi connectivity index (χ0n) is 14.2. The minimum atomic E-state index is 0.720. The zero-order chi connectivity index (χ0) is 17.2. The van der Waals surface area contributed by atoms with Gasteiger partial charge in [0.15, 0.2) is 0 Å². The number of nitrogens with zero attached hydrogens (tertiary/aromatic N) is 4. The Labute approximate surface area is 150 Å². The molecule has 0 amide bonds. The number of hydrogen-bond acceptors (Lipinski definition) is 5. The van der Waals surface area contributed by atoms with Crippen LogP contribution >= 0.6 is 11.3 Å². The van der Waals surface area contributed by atoms with Crippen LogP contribution in [0.25, 0.3) is 10.2 Å². The number of anilines is 1. The SMILES string of the molecule is Cc1sc2ncnc(NCc3ccccc3Cn3cccn3)c2c1C. The van der Waals surface area contributed by atoms with E-state index in [1.807, 2.05) is 16.9 Å². The topological polar surface area (TPSA) is 55.6 Å². The van der Waals surface area contributed by atoms with E-state index in [4.69, 9.17) is 0 Å². The molecule has 0 atom stereocenters. The molecule has 3 aromatic heterocycles. The van der Waals surface area contributed by atoms with Crippen molar-refractivity contribution in [2.75, 3.05) is 5.32 Å². The molecule has 0 saturated heterocycles. The Hall–Kier alpha value is -2.73. The molecule has 4 rings (SSSR count). The monoisotopic (exact) mass is 349 g/mol. The number of rotatable bonds is 5. The van der Waals surface area contributed by atoms with Crippen LogP contribution in [0.15, 0.2) is 49.1 Å². The molecular formula is C19H19N5S. The third-order valence-corrected chi connectivity index (χ3v) is 5.54. The maximum Gasteiger partial charge on any atom is 0.138 e. The first-order valence-corrected chi connectivity index (χ1v) is 9.03. The fourth-order valence-corrected chi connectivity index (χ4v) is 3.94. The molecule has 0 aliphatic carbocycles. The van der Waals surface area contributed by atoms with E-state index >= 15 is 0 Å². The van der Waals surface area contributed by atoms with Gasteiger partial charge in [0.25, 0.3) is 0 Å². The van der Waals surface area contributed by atoms with Crippen molar-refractivity contribution in [3.05, 3.63) is 70.6 Å². The van der Waals surface area contributed by atoms with Gasteiger partial charge in [0.2, 0.25) is 0 Å². The van der Waals surface area contributed by atoms with Crippen LogP contribution in [-0.2, 0) is 13.1 Å². The highest BCUT2D eigenvalue weighted by molar-refractivity contribution is 7.18. The van der Waals surface area contributed by atoms with Gasteiger partial charge in [-0.3, -0.25) is 4.68 Å². The van der Waals surface area contributed by atoms with Crippen molar-refractivity contribution in [2.45, 2.75) is 26.9 Å². The van der Waals surface area contributed by atoms with E-state index in [2.05, 4.69) is 58.5 Å². The fraction of sp³-hybridized carbons (Fsp3) is 0.211. The molecule has 3 heterocycles. The Bertz CT molecular complexity index is 1000. The predicted molar refractivity (Wildman–Crippen MR) is 102 cm³/mol. The number of aromatic nitrogens is 4. The van der Waals surface area contributed by atoms with Crippen molar-refractivity contribution >= 4 is 27.4 Å². The van der Waals surface area contributed by atoms with Crippen molar-refractivity contribution in [1.29, 1.82) is 0 Å². The summed E-state index contributed by atoms with van der Waals surface area (Å²) in [5, 5.41) is 8.94. The number of nitrogens with one attached hydrogen (secondary N) is 1. The largest absolute Gasteiger partial charge is 0.365 e. The molecule has 0 spiro atoms. The summed E-state index contributed by atoms with van der Waals surface area (Å²) >= 11 is 1.72. The fourth-order valence-electron chi connectivity index (χ4n) is 2.95. The first-order valence-electron chi connectivity index (χ1n) is 8.21. The van der Waals surface area contributed by atoms with Crippen LogP contribution in [0.3, 0.4) is 0 Å². The second kappa shape index (κ2) is 6.64. The summed E-state index contributed by atoms with van der Waals surface area (Å²) in [6.45, 7) is 5.75. The third kappa shape index (κ3) is 3.13. The average Bonchev–Trinajstić information content (AvgIpc) is 3.23. The van der Waals surface area contributed by atoms with Crippen LogP contribution in [0, 0.1) is 13.8 Å². The molecule has 5 nitrogen and oxygen atoms in total. The van der Waals surface area contributed by atoms with Crippen LogP contribution in [0.2, 0.25) is 0 Å². The Balaban J connectivity index is 1.60. The molecule has 1 N–H and O–H groups in total. The van der Waals surface area contributed by atoms with Crippen molar-refractivity contribution in [3.63, 3.8) is 0 Å². The molecule has 1 aromatic carbocycles. The second-order valence-electron chi connectivity index (χ2n) is 6.01. The number of thiophene rings is 1. The van der Waals surface area contributed by atoms with Gasteiger partial charge in [-0.25, -0.2) is 9.97 Å². The zero-order valence-corrected chi connectivity index (χ0v) is 15.0. The van der Waals surface area contributed by atoms with Crippen LogP contribution in [0.5, 0.6) is 0 Å². The molecule has 4 aromatic rings. The summed E-state index contributed by atoms with van der Waals surface area (Å²) in [4.78, 5) is 11.2. The lowest BCUT2D eigenvalue weighted by atomic mass is 10.1. The maximum absolute atomic E-state index is 4.47. The van der Waals surface area contributed by atoms with Gasteiger partial charge in [-0.2, -0.15) is 5.10 Å². The van der Waals surface area contributed by atoms with E-state index in [1.165, 1.54) is 21.6 Å². The van der Waals surface area contributed by atoms with Gasteiger partial charge >= 0.3 is 0 Å². The maximum atomic E-state index is 4.47. The average molecular weight is 349 g/mol. The highest BCUT2D eigenvalue weighted by atomic mass is 32.1. The summed E-state index contributed by atoms with van der Waals surface area (Å²) in [6.07, 6.45) is 5.42. The highest BCUT2D eigenvalue weighted by Crippen LogP contribution is 2.32. The minimum absolute atomic E-state index is 0.720. The van der Waals surface area contributed by atoms with Gasteiger partial charge < -0.3 is 5.32 Å². The van der Waals surface area contributed by atoms with Crippen LogP contribution in [0.4, 0.5) is 5.82 Å². The van der Waals surface area contributed by atoms with Gasteiger partial charge in [-0.1, -0.05) is 24.3 Å². The Morgan fingerprint density at radius 2 is 1.92 bits per heavy atom. The molecule has 0 fully saturated rings. The molecule has 0 bridgehead atoms. The van der Waals surface area contributed by atoms with Gasteiger partial charge in [0, 0.05) is 23.8 Å². The summed E-state index contributed by atoms with van der Waals surface area (Å²) in [5.41, 5.74) is 3.75.